The minimum atomic E-state index is -0.659. The molecule has 98 valence electrons. The summed E-state index contributed by atoms with van der Waals surface area (Å²) < 4.78 is 0. The van der Waals surface area contributed by atoms with Gasteiger partial charge in [-0.2, -0.15) is 5.10 Å². The van der Waals surface area contributed by atoms with Gasteiger partial charge in [0.15, 0.2) is 17.2 Å². The van der Waals surface area contributed by atoms with Crippen molar-refractivity contribution in [3.8, 4) is 17.2 Å². The van der Waals surface area contributed by atoms with Crippen molar-refractivity contribution in [3.05, 3.63) is 17.7 Å². The van der Waals surface area contributed by atoms with E-state index in [9.17, 15) is 15.0 Å². The number of aromatic hydroxyl groups is 3. The molecule has 0 aliphatic rings. The third kappa shape index (κ3) is 3.13. The van der Waals surface area contributed by atoms with Gasteiger partial charge in [-0.3, -0.25) is 4.79 Å². The number of carbonyl (C=O) groups excluding carboxylic acids is 1. The molecule has 1 aromatic rings. The molecule has 1 amide bonds. The standard InChI is InChI=1S/C12H16N2O4/c1-6(2)7(3)13-14-12(18)8-4-9(15)11(17)10(16)5-8/h4-6,15-17H,1-3H3,(H,14,18)/b13-7+. The Bertz CT molecular complexity index is 472. The lowest BCUT2D eigenvalue weighted by atomic mass is 10.1. The number of hydrazone groups is 1. The number of hydrogen-bond donors (Lipinski definition) is 4. The van der Waals surface area contributed by atoms with Crippen LogP contribution in [-0.2, 0) is 0 Å². The van der Waals surface area contributed by atoms with E-state index >= 15 is 0 Å². The van der Waals surface area contributed by atoms with E-state index in [0.29, 0.717) is 0 Å². The van der Waals surface area contributed by atoms with E-state index in [1.54, 1.807) is 6.92 Å². The van der Waals surface area contributed by atoms with Crippen LogP contribution in [0, 0.1) is 5.92 Å². The zero-order chi connectivity index (χ0) is 13.9. The molecule has 1 rings (SSSR count). The molecule has 0 aliphatic carbocycles. The van der Waals surface area contributed by atoms with Crippen LogP contribution in [0.5, 0.6) is 17.2 Å². The Morgan fingerprint density at radius 1 is 1.22 bits per heavy atom. The lowest BCUT2D eigenvalue weighted by Gasteiger charge is -2.06. The van der Waals surface area contributed by atoms with Gasteiger partial charge in [-0.25, -0.2) is 5.43 Å². The van der Waals surface area contributed by atoms with Crippen LogP contribution >= 0.6 is 0 Å². The Hall–Kier alpha value is -2.24. The highest BCUT2D eigenvalue weighted by molar-refractivity contribution is 5.96. The molecule has 0 bridgehead atoms. The maximum Gasteiger partial charge on any atom is 0.271 e. The molecule has 0 aromatic heterocycles. The number of phenols is 3. The summed E-state index contributed by atoms with van der Waals surface area (Å²) in [5, 5.41) is 31.6. The summed E-state index contributed by atoms with van der Waals surface area (Å²) in [7, 11) is 0. The van der Waals surface area contributed by atoms with Crippen LogP contribution in [0.25, 0.3) is 0 Å². The van der Waals surface area contributed by atoms with Crippen molar-refractivity contribution >= 4 is 11.6 Å². The van der Waals surface area contributed by atoms with Gasteiger partial charge in [0, 0.05) is 11.3 Å². The van der Waals surface area contributed by atoms with E-state index in [1.807, 2.05) is 13.8 Å². The van der Waals surface area contributed by atoms with Crippen LogP contribution in [0.1, 0.15) is 31.1 Å². The molecule has 1 aromatic carbocycles. The molecular weight excluding hydrogens is 236 g/mol. The maximum absolute atomic E-state index is 11.7. The zero-order valence-corrected chi connectivity index (χ0v) is 10.4. The lowest BCUT2D eigenvalue weighted by molar-refractivity contribution is 0.0953. The highest BCUT2D eigenvalue weighted by atomic mass is 16.3. The molecule has 4 N–H and O–H groups in total. The molecule has 0 saturated carbocycles. The number of phenolic OH excluding ortho intramolecular Hbond substituents is 3. The van der Waals surface area contributed by atoms with Crippen molar-refractivity contribution in [3.63, 3.8) is 0 Å². The summed E-state index contributed by atoms with van der Waals surface area (Å²) in [5.74, 6) is -2.17. The van der Waals surface area contributed by atoms with Crippen molar-refractivity contribution in [2.75, 3.05) is 0 Å². The summed E-state index contributed by atoms with van der Waals surface area (Å²) in [6.45, 7) is 5.64. The quantitative estimate of drug-likeness (QED) is 0.372. The van der Waals surface area contributed by atoms with Crippen LogP contribution in [0.3, 0.4) is 0 Å². The van der Waals surface area contributed by atoms with Crippen LogP contribution in [0.4, 0.5) is 0 Å². The second-order valence-electron chi connectivity index (χ2n) is 4.21. The van der Waals surface area contributed by atoms with Crippen LogP contribution in [-0.4, -0.2) is 26.9 Å². The first-order valence-electron chi connectivity index (χ1n) is 5.42. The fourth-order valence-corrected chi connectivity index (χ4v) is 1.07. The molecule has 0 radical (unpaired) electrons. The van der Waals surface area contributed by atoms with Crippen molar-refractivity contribution in [2.45, 2.75) is 20.8 Å². The fourth-order valence-electron chi connectivity index (χ4n) is 1.07. The Kier molecular flexibility index (Phi) is 4.14. The molecule has 6 heteroatoms. The van der Waals surface area contributed by atoms with Gasteiger partial charge < -0.3 is 15.3 Å². The highest BCUT2D eigenvalue weighted by Crippen LogP contribution is 2.35. The number of rotatable bonds is 3. The summed E-state index contributed by atoms with van der Waals surface area (Å²) in [5.41, 5.74) is 3.05. The Morgan fingerprint density at radius 3 is 2.17 bits per heavy atom. The maximum atomic E-state index is 11.7. The molecule has 18 heavy (non-hydrogen) atoms. The molecule has 6 nitrogen and oxygen atoms in total. The number of benzene rings is 1. The minimum absolute atomic E-state index is 0.00288. The molecule has 0 aliphatic heterocycles. The largest absolute Gasteiger partial charge is 0.504 e. The first kappa shape index (κ1) is 13.8. The van der Waals surface area contributed by atoms with Crippen molar-refractivity contribution in [1.29, 1.82) is 0 Å². The van der Waals surface area contributed by atoms with Gasteiger partial charge in [0.2, 0.25) is 0 Å². The van der Waals surface area contributed by atoms with Gasteiger partial charge >= 0.3 is 0 Å². The van der Waals surface area contributed by atoms with E-state index in [-0.39, 0.29) is 11.5 Å². The van der Waals surface area contributed by atoms with Crippen molar-refractivity contribution in [1.82, 2.24) is 5.43 Å². The van der Waals surface area contributed by atoms with Gasteiger partial charge in [0.05, 0.1) is 0 Å². The highest BCUT2D eigenvalue weighted by Gasteiger charge is 2.13. The predicted octanol–water partition coefficient (Wildman–Crippen LogP) is 1.57. The number of hydrogen-bond acceptors (Lipinski definition) is 5. The minimum Gasteiger partial charge on any atom is -0.504 e. The zero-order valence-electron chi connectivity index (χ0n) is 10.4. The third-order valence-electron chi connectivity index (χ3n) is 2.50. The van der Waals surface area contributed by atoms with Gasteiger partial charge in [-0.1, -0.05) is 13.8 Å². The Morgan fingerprint density at radius 2 is 1.72 bits per heavy atom. The van der Waals surface area contributed by atoms with Gasteiger partial charge in [-0.05, 0) is 25.0 Å². The first-order valence-corrected chi connectivity index (χ1v) is 5.42. The first-order chi connectivity index (χ1) is 8.32. The lowest BCUT2D eigenvalue weighted by Crippen LogP contribution is -2.20. The molecule has 0 atom stereocenters. The van der Waals surface area contributed by atoms with Gasteiger partial charge in [0.1, 0.15) is 0 Å². The normalized spacial score (nSPS) is 11.7. The summed E-state index contributed by atoms with van der Waals surface area (Å²) in [4.78, 5) is 11.7. The Balaban J connectivity index is 2.89. The third-order valence-corrected chi connectivity index (χ3v) is 2.50. The number of nitrogens with zero attached hydrogens (tertiary/aromatic N) is 1. The van der Waals surface area contributed by atoms with Crippen molar-refractivity contribution in [2.24, 2.45) is 11.0 Å². The molecular formula is C12H16N2O4. The average molecular weight is 252 g/mol. The molecule has 0 fully saturated rings. The molecule has 0 heterocycles. The SMILES string of the molecule is C/C(=N\NC(=O)c1cc(O)c(O)c(O)c1)C(C)C. The van der Waals surface area contributed by atoms with E-state index in [0.717, 1.165) is 17.8 Å². The summed E-state index contributed by atoms with van der Waals surface area (Å²) in [6, 6.07) is 2.09. The molecule has 0 saturated heterocycles. The second-order valence-corrected chi connectivity index (χ2v) is 4.21. The summed E-state index contributed by atoms with van der Waals surface area (Å²) >= 11 is 0. The van der Waals surface area contributed by atoms with E-state index in [1.165, 1.54) is 0 Å². The van der Waals surface area contributed by atoms with E-state index in [4.69, 9.17) is 5.11 Å². The second kappa shape index (κ2) is 5.39. The van der Waals surface area contributed by atoms with Gasteiger partial charge in [-0.15, -0.1) is 0 Å². The van der Waals surface area contributed by atoms with Gasteiger partial charge in [0.25, 0.3) is 5.91 Å². The average Bonchev–Trinajstić information content (AvgIpc) is 2.31. The summed E-state index contributed by atoms with van der Waals surface area (Å²) in [6.07, 6.45) is 0. The molecule has 0 spiro atoms. The molecule has 0 unspecified atom stereocenters. The van der Waals surface area contributed by atoms with E-state index < -0.39 is 23.2 Å². The number of nitrogens with one attached hydrogen (secondary N) is 1. The van der Waals surface area contributed by atoms with Crippen LogP contribution < -0.4 is 5.43 Å². The van der Waals surface area contributed by atoms with Crippen molar-refractivity contribution < 1.29 is 20.1 Å². The number of carbonyl (C=O) groups is 1. The Labute approximate surface area is 105 Å². The number of amides is 1. The van der Waals surface area contributed by atoms with Crippen LogP contribution in [0.2, 0.25) is 0 Å². The fraction of sp³-hybridized carbons (Fsp3) is 0.333. The smallest absolute Gasteiger partial charge is 0.271 e. The van der Waals surface area contributed by atoms with E-state index in [2.05, 4.69) is 10.5 Å². The monoisotopic (exact) mass is 252 g/mol. The van der Waals surface area contributed by atoms with Crippen LogP contribution in [0.15, 0.2) is 17.2 Å². The predicted molar refractivity (Wildman–Crippen MR) is 66.8 cm³/mol. The topological polar surface area (TPSA) is 102 Å².